The van der Waals surface area contributed by atoms with Gasteiger partial charge in [0.25, 0.3) is 11.8 Å². The molecule has 6 rings (SSSR count). The Morgan fingerprint density at radius 3 is 2.19 bits per heavy atom. The summed E-state index contributed by atoms with van der Waals surface area (Å²) >= 11 is 0. The normalized spacial score (nSPS) is 14.4. The monoisotopic (exact) mass is 496 g/mol. The maximum Gasteiger partial charge on any atom is 0.262 e. The van der Waals surface area contributed by atoms with Crippen LogP contribution in [0.1, 0.15) is 64.1 Å². The van der Waals surface area contributed by atoms with Crippen LogP contribution >= 0.6 is 0 Å². The highest BCUT2D eigenvalue weighted by atomic mass is 19.1. The average molecular weight is 497 g/mol. The lowest BCUT2D eigenvalue weighted by atomic mass is 10.0. The van der Waals surface area contributed by atoms with E-state index in [1.54, 1.807) is 47.2 Å². The van der Waals surface area contributed by atoms with E-state index in [0.717, 1.165) is 22.3 Å². The van der Waals surface area contributed by atoms with Crippen molar-refractivity contribution in [2.45, 2.75) is 40.2 Å². The van der Waals surface area contributed by atoms with Gasteiger partial charge in [-0.25, -0.2) is 18.9 Å². The number of amides is 2. The predicted molar refractivity (Wildman–Crippen MR) is 136 cm³/mol. The fraction of sp³-hybridized carbons (Fsp3) is 0.250. The highest BCUT2D eigenvalue weighted by Gasteiger charge is 2.42. The molecule has 0 aliphatic carbocycles. The van der Waals surface area contributed by atoms with Crippen LogP contribution in [0.5, 0.6) is 0 Å². The fourth-order valence-corrected chi connectivity index (χ4v) is 5.19. The van der Waals surface area contributed by atoms with Crippen molar-refractivity contribution in [3.8, 4) is 5.69 Å². The van der Waals surface area contributed by atoms with Crippen LogP contribution in [0, 0.1) is 25.6 Å². The molecule has 1 aliphatic heterocycles. The summed E-state index contributed by atoms with van der Waals surface area (Å²) < 4.78 is 17.1. The van der Waals surface area contributed by atoms with E-state index in [9.17, 15) is 14.0 Å². The van der Waals surface area contributed by atoms with Crippen LogP contribution in [0.3, 0.4) is 0 Å². The summed E-state index contributed by atoms with van der Waals surface area (Å²) in [5.41, 5.74) is 4.77. The summed E-state index contributed by atoms with van der Waals surface area (Å²) in [7, 11) is 0. The summed E-state index contributed by atoms with van der Waals surface area (Å²) in [6, 6.07) is 12.5. The number of aryl methyl sites for hydroxylation is 1. The number of nitrogens with zero attached hydrogens (tertiary/aromatic N) is 6. The molecule has 3 aromatic heterocycles. The first-order valence-corrected chi connectivity index (χ1v) is 12.2. The number of carbonyl (C=O) groups is 2. The zero-order valence-electron chi connectivity index (χ0n) is 20.9. The van der Waals surface area contributed by atoms with Crippen LogP contribution in [0.2, 0.25) is 0 Å². The van der Waals surface area contributed by atoms with Crippen molar-refractivity contribution in [2.24, 2.45) is 5.92 Å². The molecule has 2 aromatic carbocycles. The van der Waals surface area contributed by atoms with Gasteiger partial charge in [-0.2, -0.15) is 0 Å². The maximum atomic E-state index is 13.6. The molecular formula is C28H25FN6O2. The molecule has 9 heteroatoms. The third-order valence-corrected chi connectivity index (χ3v) is 7.06. The Morgan fingerprint density at radius 1 is 0.919 bits per heavy atom. The summed E-state index contributed by atoms with van der Waals surface area (Å²) in [4.78, 5) is 37.5. The number of hydrogen-bond acceptors (Lipinski definition) is 5. The molecule has 186 valence electrons. The summed E-state index contributed by atoms with van der Waals surface area (Å²) in [6.45, 7) is 8.05. The summed E-state index contributed by atoms with van der Waals surface area (Å²) in [6.07, 6.45) is 2.11. The SMILES string of the molecule is Cc1c(C)n(-c2ccc(F)cc2)c2ncn3nc(C(CC(C)C)N4C(=O)c5ccccc5C4=O)nc3c12. The molecule has 1 unspecified atom stereocenters. The lowest BCUT2D eigenvalue weighted by Crippen LogP contribution is -2.35. The van der Waals surface area contributed by atoms with Gasteiger partial charge in [-0.1, -0.05) is 26.0 Å². The molecular weight excluding hydrogens is 471 g/mol. The Hall–Kier alpha value is -4.40. The molecule has 37 heavy (non-hydrogen) atoms. The van der Waals surface area contributed by atoms with Crippen molar-refractivity contribution in [1.29, 1.82) is 0 Å². The number of fused-ring (bicyclic) bond motifs is 4. The van der Waals surface area contributed by atoms with E-state index in [-0.39, 0.29) is 23.5 Å². The van der Waals surface area contributed by atoms with Crippen molar-refractivity contribution >= 4 is 28.5 Å². The molecule has 0 fully saturated rings. The fourth-order valence-electron chi connectivity index (χ4n) is 5.19. The number of rotatable bonds is 5. The molecule has 4 heterocycles. The Bertz CT molecular complexity index is 1680. The number of hydrogen-bond donors (Lipinski definition) is 0. The first kappa shape index (κ1) is 23.0. The second-order valence-corrected chi connectivity index (χ2v) is 9.87. The minimum absolute atomic E-state index is 0.183. The first-order valence-electron chi connectivity index (χ1n) is 12.2. The predicted octanol–water partition coefficient (Wildman–Crippen LogP) is 5.21. The van der Waals surface area contributed by atoms with Gasteiger partial charge in [-0.3, -0.25) is 19.1 Å². The number of halogens is 1. The molecule has 0 spiro atoms. The highest BCUT2D eigenvalue weighted by Crippen LogP contribution is 2.36. The Morgan fingerprint density at radius 2 is 1.57 bits per heavy atom. The topological polar surface area (TPSA) is 85.4 Å². The number of aromatic nitrogens is 5. The molecule has 2 amide bonds. The molecule has 0 saturated carbocycles. The van der Waals surface area contributed by atoms with E-state index in [4.69, 9.17) is 10.1 Å². The zero-order valence-corrected chi connectivity index (χ0v) is 20.9. The van der Waals surface area contributed by atoms with Gasteiger partial charge in [-0.15, -0.1) is 5.10 Å². The number of imide groups is 1. The van der Waals surface area contributed by atoms with Crippen molar-refractivity contribution in [3.05, 3.63) is 88.9 Å². The average Bonchev–Trinajstić information content (AvgIpc) is 3.50. The summed E-state index contributed by atoms with van der Waals surface area (Å²) in [5, 5.41) is 5.51. The Balaban J connectivity index is 1.52. The van der Waals surface area contributed by atoms with Crippen molar-refractivity contribution in [3.63, 3.8) is 0 Å². The summed E-state index contributed by atoms with van der Waals surface area (Å²) in [5.74, 6) is -0.395. The molecule has 1 aliphatic rings. The van der Waals surface area contributed by atoms with E-state index in [1.807, 2.05) is 32.3 Å². The molecule has 8 nitrogen and oxygen atoms in total. The van der Waals surface area contributed by atoms with Crippen molar-refractivity contribution < 1.29 is 14.0 Å². The van der Waals surface area contributed by atoms with E-state index in [1.165, 1.54) is 17.0 Å². The molecule has 0 bridgehead atoms. The van der Waals surface area contributed by atoms with Crippen LogP contribution in [0.4, 0.5) is 4.39 Å². The van der Waals surface area contributed by atoms with Gasteiger partial charge < -0.3 is 0 Å². The quantitative estimate of drug-likeness (QED) is 0.312. The minimum Gasteiger partial charge on any atom is -0.298 e. The van der Waals surface area contributed by atoms with Crippen LogP contribution in [0.25, 0.3) is 22.4 Å². The van der Waals surface area contributed by atoms with Crippen molar-refractivity contribution in [2.75, 3.05) is 0 Å². The maximum absolute atomic E-state index is 13.6. The highest BCUT2D eigenvalue weighted by molar-refractivity contribution is 6.21. The van der Waals surface area contributed by atoms with Crippen LogP contribution in [-0.4, -0.2) is 40.9 Å². The number of benzene rings is 2. The van der Waals surface area contributed by atoms with Gasteiger partial charge in [0.1, 0.15) is 18.2 Å². The van der Waals surface area contributed by atoms with E-state index >= 15 is 0 Å². The van der Waals surface area contributed by atoms with E-state index < -0.39 is 6.04 Å². The Labute approximate surface area is 212 Å². The first-order chi connectivity index (χ1) is 17.8. The largest absolute Gasteiger partial charge is 0.298 e. The van der Waals surface area contributed by atoms with Gasteiger partial charge in [0.2, 0.25) is 0 Å². The van der Waals surface area contributed by atoms with E-state index in [2.05, 4.69) is 4.98 Å². The Kier molecular flexibility index (Phi) is 5.18. The van der Waals surface area contributed by atoms with Gasteiger partial charge >= 0.3 is 0 Å². The number of carbonyl (C=O) groups excluding carboxylic acids is 2. The van der Waals surface area contributed by atoms with Gasteiger partial charge in [0.05, 0.1) is 16.5 Å². The van der Waals surface area contributed by atoms with Crippen LogP contribution in [0.15, 0.2) is 54.9 Å². The van der Waals surface area contributed by atoms with Crippen LogP contribution < -0.4 is 0 Å². The van der Waals surface area contributed by atoms with E-state index in [0.29, 0.717) is 34.7 Å². The smallest absolute Gasteiger partial charge is 0.262 e. The lowest BCUT2D eigenvalue weighted by Gasteiger charge is -2.25. The molecule has 0 radical (unpaired) electrons. The van der Waals surface area contributed by atoms with Gasteiger partial charge in [0.15, 0.2) is 17.1 Å². The standard InChI is InChI=1S/C28H25FN6O2/c1-15(2)13-22(35-27(36)20-7-5-6-8-21(20)28(35)37)24-31-26-23-16(3)17(4)34(19-11-9-18(29)10-12-19)25(23)30-14-33(26)32-24/h5-12,14-15,22H,13H2,1-4H3. The van der Waals surface area contributed by atoms with Gasteiger partial charge in [0, 0.05) is 11.4 Å². The third kappa shape index (κ3) is 3.45. The second-order valence-electron chi connectivity index (χ2n) is 9.87. The molecule has 0 N–H and O–H groups in total. The molecule has 1 atom stereocenters. The van der Waals surface area contributed by atoms with Gasteiger partial charge in [-0.05, 0) is 68.1 Å². The molecule has 0 saturated heterocycles. The zero-order chi connectivity index (χ0) is 26.0. The second kappa shape index (κ2) is 8.33. The van der Waals surface area contributed by atoms with Crippen LogP contribution in [-0.2, 0) is 0 Å². The third-order valence-electron chi connectivity index (χ3n) is 7.06. The minimum atomic E-state index is -0.622. The molecule has 5 aromatic rings. The lowest BCUT2D eigenvalue weighted by molar-refractivity contribution is 0.0555. The van der Waals surface area contributed by atoms with Crippen molar-refractivity contribution in [1.82, 2.24) is 29.0 Å².